The van der Waals surface area contributed by atoms with Crippen molar-refractivity contribution in [2.45, 2.75) is 133 Å². The Balaban J connectivity index is 1.74. The van der Waals surface area contributed by atoms with E-state index in [2.05, 4.69) is 88.9 Å². The largest absolute Gasteiger partial charge is 0.573 e. The van der Waals surface area contributed by atoms with Gasteiger partial charge in [-0.2, -0.15) is 0 Å². The van der Waals surface area contributed by atoms with Crippen molar-refractivity contribution >= 4 is 30.9 Å². The molecule has 4 atom stereocenters. The molecular formula is C33H45F3INO3Si. The van der Waals surface area contributed by atoms with Crippen LogP contribution in [0.25, 0.3) is 0 Å². The fourth-order valence-corrected chi connectivity index (χ4v) is 9.32. The Morgan fingerprint density at radius 1 is 1.07 bits per heavy atom. The van der Waals surface area contributed by atoms with Gasteiger partial charge in [-0.1, -0.05) is 83.2 Å². The van der Waals surface area contributed by atoms with Crippen molar-refractivity contribution in [3.05, 3.63) is 57.9 Å². The Morgan fingerprint density at radius 2 is 1.71 bits per heavy atom. The van der Waals surface area contributed by atoms with E-state index in [4.69, 9.17) is 14.1 Å². The van der Waals surface area contributed by atoms with E-state index >= 15 is 0 Å². The summed E-state index contributed by atoms with van der Waals surface area (Å²) in [6.45, 7) is 20.5. The summed E-state index contributed by atoms with van der Waals surface area (Å²) in [5, 5.41) is 0.0549. The molecule has 232 valence electrons. The topological polar surface area (TPSA) is 40.6 Å². The van der Waals surface area contributed by atoms with Gasteiger partial charge in [0.05, 0.1) is 6.10 Å². The van der Waals surface area contributed by atoms with Gasteiger partial charge in [0.2, 0.25) is 0 Å². The minimum atomic E-state index is -4.74. The summed E-state index contributed by atoms with van der Waals surface area (Å²) in [7, 11) is -2.14. The van der Waals surface area contributed by atoms with Crippen molar-refractivity contribution in [2.24, 2.45) is 5.41 Å². The maximum Gasteiger partial charge on any atom is 0.573 e. The maximum absolute atomic E-state index is 12.9. The SMILES string of the molecule is CC(C)c1nc2c(c3c1[C@@H](c1ccc(OC(F)(F)F)cc1)OC31CCCC1I)[C@@H](O[Si](C)(C)C(C)(C)C)CC(C)(C)C2. The first-order valence-corrected chi connectivity index (χ1v) is 19.3. The number of ether oxygens (including phenoxy) is 2. The second-order valence-electron chi connectivity index (χ2n) is 15.1. The number of hydrogen-bond donors (Lipinski definition) is 0. The van der Waals surface area contributed by atoms with E-state index in [0.29, 0.717) is 0 Å². The molecule has 1 aliphatic heterocycles. The number of rotatable bonds is 5. The fraction of sp³-hybridized carbons (Fsp3) is 0.667. The Bertz CT molecular complexity index is 1340. The molecule has 2 heterocycles. The third kappa shape index (κ3) is 5.81. The zero-order valence-electron chi connectivity index (χ0n) is 26.3. The smallest absolute Gasteiger partial charge is 0.410 e. The van der Waals surface area contributed by atoms with E-state index in [-0.39, 0.29) is 32.1 Å². The standard InChI is InChI=1S/C33H45F3INO3Si/c1-19(2)28-26-27(25-22(38-28)17-31(6,7)18-23(25)41-42(8,9)30(3,4)5)32(16-10-11-24(32)37)40-29(26)20-12-14-21(15-13-20)39-33(34,35)36/h12-15,19,23-24,29H,10-11,16-18H2,1-9H3/t23-,24?,29+,32?/m0/s1. The summed E-state index contributed by atoms with van der Waals surface area (Å²) >= 11 is 2.57. The molecule has 0 amide bonds. The van der Waals surface area contributed by atoms with Gasteiger partial charge in [0.15, 0.2) is 8.32 Å². The Labute approximate surface area is 263 Å². The van der Waals surface area contributed by atoms with Crippen molar-refractivity contribution in [2.75, 3.05) is 0 Å². The van der Waals surface area contributed by atoms with Crippen LogP contribution >= 0.6 is 22.6 Å². The van der Waals surface area contributed by atoms with Crippen LogP contribution in [0.2, 0.25) is 18.1 Å². The molecule has 9 heteroatoms. The van der Waals surface area contributed by atoms with Crippen LogP contribution in [0.1, 0.15) is 126 Å². The zero-order chi connectivity index (χ0) is 31.0. The van der Waals surface area contributed by atoms with E-state index < -0.39 is 26.4 Å². The molecule has 3 aliphatic rings. The van der Waals surface area contributed by atoms with Crippen molar-refractivity contribution in [3.63, 3.8) is 0 Å². The summed E-state index contributed by atoms with van der Waals surface area (Å²) in [6.07, 6.45) is -0.429. The number of pyridine rings is 1. The molecule has 4 nitrogen and oxygen atoms in total. The van der Waals surface area contributed by atoms with Gasteiger partial charge in [-0.3, -0.25) is 4.98 Å². The molecule has 2 unspecified atom stereocenters. The molecule has 1 aromatic carbocycles. The van der Waals surface area contributed by atoms with E-state index in [1.807, 2.05) is 0 Å². The van der Waals surface area contributed by atoms with Crippen LogP contribution in [-0.4, -0.2) is 23.6 Å². The van der Waals surface area contributed by atoms with Crippen LogP contribution in [0.4, 0.5) is 13.2 Å². The molecule has 1 fully saturated rings. The lowest BCUT2D eigenvalue weighted by Gasteiger charge is -2.45. The lowest BCUT2D eigenvalue weighted by atomic mass is 9.70. The van der Waals surface area contributed by atoms with Crippen molar-refractivity contribution < 1.29 is 27.1 Å². The molecule has 1 aromatic heterocycles. The molecule has 0 radical (unpaired) electrons. The minimum Gasteiger partial charge on any atom is -0.410 e. The van der Waals surface area contributed by atoms with Gasteiger partial charge in [-0.15, -0.1) is 13.2 Å². The number of hydrogen-bond acceptors (Lipinski definition) is 4. The first-order valence-electron chi connectivity index (χ1n) is 15.2. The highest BCUT2D eigenvalue weighted by molar-refractivity contribution is 14.1. The Kier molecular flexibility index (Phi) is 8.23. The number of benzene rings is 1. The third-order valence-electron chi connectivity index (χ3n) is 9.82. The van der Waals surface area contributed by atoms with Gasteiger partial charge in [-0.25, -0.2) is 0 Å². The molecule has 0 N–H and O–H groups in total. The van der Waals surface area contributed by atoms with Gasteiger partial charge in [0, 0.05) is 32.0 Å². The fourth-order valence-electron chi connectivity index (χ4n) is 6.84. The monoisotopic (exact) mass is 715 g/mol. The third-order valence-corrected chi connectivity index (χ3v) is 15.9. The van der Waals surface area contributed by atoms with Crippen LogP contribution in [0.5, 0.6) is 5.75 Å². The molecule has 42 heavy (non-hydrogen) atoms. The lowest BCUT2D eigenvalue weighted by Crippen LogP contribution is -2.44. The van der Waals surface area contributed by atoms with Crippen LogP contribution in [0.3, 0.4) is 0 Å². The van der Waals surface area contributed by atoms with Crippen LogP contribution in [0, 0.1) is 5.41 Å². The quantitative estimate of drug-likeness (QED) is 0.176. The average Bonchev–Trinajstić information content (AvgIpc) is 3.37. The molecule has 0 bridgehead atoms. The predicted octanol–water partition coefficient (Wildman–Crippen LogP) is 10.4. The maximum atomic E-state index is 12.9. The first-order chi connectivity index (χ1) is 19.2. The highest BCUT2D eigenvalue weighted by Crippen LogP contribution is 2.62. The second kappa shape index (κ2) is 10.7. The summed E-state index contributed by atoms with van der Waals surface area (Å²) in [5.41, 5.74) is 6.10. The van der Waals surface area contributed by atoms with Gasteiger partial charge >= 0.3 is 6.36 Å². The van der Waals surface area contributed by atoms with E-state index in [1.165, 1.54) is 23.3 Å². The van der Waals surface area contributed by atoms with Gasteiger partial charge in [-0.05, 0) is 79.3 Å². The van der Waals surface area contributed by atoms with Crippen molar-refractivity contribution in [3.8, 4) is 5.75 Å². The zero-order valence-corrected chi connectivity index (χ0v) is 29.5. The first kappa shape index (κ1) is 32.2. The van der Waals surface area contributed by atoms with Crippen molar-refractivity contribution in [1.29, 1.82) is 0 Å². The molecule has 0 saturated heterocycles. The molecule has 1 spiro atoms. The number of fused-ring (bicyclic) bond motifs is 4. The highest BCUT2D eigenvalue weighted by Gasteiger charge is 2.57. The van der Waals surface area contributed by atoms with Crippen molar-refractivity contribution in [1.82, 2.24) is 4.98 Å². The number of alkyl halides is 4. The summed E-state index contributed by atoms with van der Waals surface area (Å²) < 4.78 is 57.7. The summed E-state index contributed by atoms with van der Waals surface area (Å²) in [4.78, 5) is 5.42. The van der Waals surface area contributed by atoms with Crippen LogP contribution in [-0.2, 0) is 21.2 Å². The molecule has 1 saturated carbocycles. The summed E-state index contributed by atoms with van der Waals surface area (Å²) in [5.74, 6) is -0.0819. The molecule has 2 aliphatic carbocycles. The molecule has 2 aromatic rings. The molecular weight excluding hydrogens is 670 g/mol. The Morgan fingerprint density at radius 3 is 2.24 bits per heavy atom. The average molecular weight is 716 g/mol. The molecule has 5 rings (SSSR count). The predicted molar refractivity (Wildman–Crippen MR) is 171 cm³/mol. The van der Waals surface area contributed by atoms with E-state index in [0.717, 1.165) is 54.6 Å². The van der Waals surface area contributed by atoms with Crippen LogP contribution in [0.15, 0.2) is 24.3 Å². The Hall–Kier alpha value is -1.17. The van der Waals surface area contributed by atoms with Gasteiger partial charge in [0.25, 0.3) is 0 Å². The van der Waals surface area contributed by atoms with E-state index in [1.54, 1.807) is 12.1 Å². The summed E-state index contributed by atoms with van der Waals surface area (Å²) in [6, 6.07) is 6.20. The van der Waals surface area contributed by atoms with Gasteiger partial charge < -0.3 is 13.9 Å². The number of halogens is 4. The highest BCUT2D eigenvalue weighted by atomic mass is 127. The second-order valence-corrected chi connectivity index (χ2v) is 21.3. The normalized spacial score (nSPS) is 27.4. The van der Waals surface area contributed by atoms with Gasteiger partial charge in [0.1, 0.15) is 17.5 Å². The van der Waals surface area contributed by atoms with Crippen LogP contribution < -0.4 is 4.74 Å². The van der Waals surface area contributed by atoms with E-state index in [9.17, 15) is 13.2 Å². The number of aromatic nitrogens is 1. The lowest BCUT2D eigenvalue weighted by molar-refractivity contribution is -0.274. The minimum absolute atomic E-state index is 0.0370. The number of nitrogens with zero attached hydrogens (tertiary/aromatic N) is 1.